The minimum Gasteiger partial charge on any atom is -0.326 e. The fraction of sp³-hybridized carbons (Fsp3) is 0.579. The van der Waals surface area contributed by atoms with E-state index in [0.29, 0.717) is 0 Å². The molecule has 1 atom stereocenters. The Bertz CT molecular complexity index is 528. The van der Waals surface area contributed by atoms with Gasteiger partial charge in [0, 0.05) is 23.8 Å². The number of hydrogen-bond acceptors (Lipinski definition) is 3. The van der Waals surface area contributed by atoms with Crippen LogP contribution < -0.4 is 16.0 Å². The first-order chi connectivity index (χ1) is 11.7. The van der Waals surface area contributed by atoms with Gasteiger partial charge >= 0.3 is 0 Å². The SMILES string of the molecule is O=C(Nc1cccc(NC(=O)C2CCCNC2)c1)C1CCCCC1. The van der Waals surface area contributed by atoms with Gasteiger partial charge in [-0.1, -0.05) is 25.3 Å². The van der Waals surface area contributed by atoms with Crippen molar-refractivity contribution in [1.82, 2.24) is 5.32 Å². The van der Waals surface area contributed by atoms with E-state index >= 15 is 0 Å². The lowest BCUT2D eigenvalue weighted by Crippen LogP contribution is -2.37. The molecule has 0 spiro atoms. The van der Waals surface area contributed by atoms with E-state index in [4.69, 9.17) is 0 Å². The van der Waals surface area contributed by atoms with Crippen LogP contribution >= 0.6 is 0 Å². The summed E-state index contributed by atoms with van der Waals surface area (Å²) in [4.78, 5) is 24.7. The van der Waals surface area contributed by atoms with Crippen molar-refractivity contribution >= 4 is 23.2 Å². The van der Waals surface area contributed by atoms with E-state index < -0.39 is 0 Å². The molecule has 1 aromatic carbocycles. The average molecular weight is 329 g/mol. The number of amides is 2. The van der Waals surface area contributed by atoms with Crippen LogP contribution in [0.25, 0.3) is 0 Å². The molecule has 2 aliphatic rings. The second-order valence-corrected chi connectivity index (χ2v) is 6.94. The largest absolute Gasteiger partial charge is 0.326 e. The minimum absolute atomic E-state index is 0.0271. The molecule has 24 heavy (non-hydrogen) atoms. The molecule has 0 radical (unpaired) electrons. The third-order valence-electron chi connectivity index (χ3n) is 5.04. The molecule has 5 nitrogen and oxygen atoms in total. The molecule has 1 saturated heterocycles. The van der Waals surface area contributed by atoms with Gasteiger partial charge < -0.3 is 16.0 Å². The molecule has 2 fully saturated rings. The topological polar surface area (TPSA) is 70.2 Å². The van der Waals surface area contributed by atoms with Gasteiger partial charge in [0.05, 0.1) is 5.92 Å². The van der Waals surface area contributed by atoms with Crippen molar-refractivity contribution in [3.63, 3.8) is 0 Å². The molecule has 1 aliphatic heterocycles. The van der Waals surface area contributed by atoms with E-state index in [2.05, 4.69) is 16.0 Å². The number of hydrogen-bond donors (Lipinski definition) is 3. The van der Waals surface area contributed by atoms with Crippen LogP contribution in [0, 0.1) is 11.8 Å². The summed E-state index contributed by atoms with van der Waals surface area (Å²) < 4.78 is 0. The summed E-state index contributed by atoms with van der Waals surface area (Å²) in [5, 5.41) is 9.23. The summed E-state index contributed by atoms with van der Waals surface area (Å²) in [5.41, 5.74) is 1.50. The summed E-state index contributed by atoms with van der Waals surface area (Å²) in [6.07, 6.45) is 7.45. The van der Waals surface area contributed by atoms with Gasteiger partial charge in [0.2, 0.25) is 11.8 Å². The summed E-state index contributed by atoms with van der Waals surface area (Å²) in [7, 11) is 0. The molecule has 3 rings (SSSR count). The van der Waals surface area contributed by atoms with Gasteiger partial charge in [0.1, 0.15) is 0 Å². The Labute approximate surface area is 143 Å². The number of nitrogens with one attached hydrogen (secondary N) is 3. The number of piperidine rings is 1. The molecule has 3 N–H and O–H groups in total. The highest BCUT2D eigenvalue weighted by molar-refractivity contribution is 5.95. The van der Waals surface area contributed by atoms with Crippen LogP contribution in [-0.4, -0.2) is 24.9 Å². The van der Waals surface area contributed by atoms with Gasteiger partial charge in [-0.25, -0.2) is 0 Å². The van der Waals surface area contributed by atoms with E-state index in [1.54, 1.807) is 0 Å². The molecule has 1 aliphatic carbocycles. The standard InChI is InChI=1S/C19H27N3O2/c23-18(14-6-2-1-3-7-14)21-16-9-4-10-17(12-16)22-19(24)15-8-5-11-20-13-15/h4,9-10,12,14-15,20H,1-3,5-8,11,13H2,(H,21,23)(H,22,24). The fourth-order valence-corrected chi connectivity index (χ4v) is 3.60. The number of carbonyl (C=O) groups is 2. The number of carbonyl (C=O) groups excluding carboxylic acids is 2. The van der Waals surface area contributed by atoms with E-state index in [0.717, 1.165) is 63.0 Å². The van der Waals surface area contributed by atoms with Crippen LogP contribution in [0.5, 0.6) is 0 Å². The van der Waals surface area contributed by atoms with Gasteiger partial charge in [-0.2, -0.15) is 0 Å². The molecule has 1 saturated carbocycles. The lowest BCUT2D eigenvalue weighted by molar-refractivity contribution is -0.121. The molecule has 5 heteroatoms. The second kappa shape index (κ2) is 8.29. The van der Waals surface area contributed by atoms with Crippen LogP contribution in [0.3, 0.4) is 0 Å². The van der Waals surface area contributed by atoms with Crippen LogP contribution in [0.15, 0.2) is 24.3 Å². The summed E-state index contributed by atoms with van der Waals surface area (Å²) in [6, 6.07) is 7.45. The van der Waals surface area contributed by atoms with Crippen molar-refractivity contribution in [2.45, 2.75) is 44.9 Å². The molecule has 130 valence electrons. The summed E-state index contributed by atoms with van der Waals surface area (Å²) >= 11 is 0. The van der Waals surface area contributed by atoms with Gasteiger partial charge in [-0.15, -0.1) is 0 Å². The Kier molecular flexibility index (Phi) is 5.86. The van der Waals surface area contributed by atoms with Gasteiger partial charge in [0.15, 0.2) is 0 Å². The highest BCUT2D eigenvalue weighted by Gasteiger charge is 2.22. The zero-order chi connectivity index (χ0) is 16.8. The molecule has 1 heterocycles. The molecular formula is C19H27N3O2. The van der Waals surface area contributed by atoms with Crippen molar-refractivity contribution in [3.05, 3.63) is 24.3 Å². The van der Waals surface area contributed by atoms with E-state index in [1.165, 1.54) is 6.42 Å². The third-order valence-corrected chi connectivity index (χ3v) is 5.04. The Morgan fingerprint density at radius 3 is 2.12 bits per heavy atom. The highest BCUT2D eigenvalue weighted by Crippen LogP contribution is 2.25. The van der Waals surface area contributed by atoms with E-state index in [9.17, 15) is 9.59 Å². The van der Waals surface area contributed by atoms with Crippen LogP contribution in [-0.2, 0) is 9.59 Å². The summed E-state index contributed by atoms with van der Waals surface area (Å²) in [6.45, 7) is 1.73. The highest BCUT2D eigenvalue weighted by atomic mass is 16.2. The predicted molar refractivity (Wildman–Crippen MR) is 95.9 cm³/mol. The first-order valence-corrected chi connectivity index (χ1v) is 9.15. The normalized spacial score (nSPS) is 21.9. The van der Waals surface area contributed by atoms with Gasteiger partial charge in [-0.05, 0) is 50.4 Å². The molecule has 0 aromatic heterocycles. The monoisotopic (exact) mass is 329 g/mol. The zero-order valence-corrected chi connectivity index (χ0v) is 14.1. The van der Waals surface area contributed by atoms with E-state index in [-0.39, 0.29) is 23.7 Å². The molecule has 2 amide bonds. The predicted octanol–water partition coefficient (Wildman–Crippen LogP) is 3.14. The maximum atomic E-state index is 12.3. The number of benzene rings is 1. The number of anilines is 2. The average Bonchev–Trinajstić information content (AvgIpc) is 2.63. The Morgan fingerprint density at radius 1 is 0.875 bits per heavy atom. The maximum Gasteiger partial charge on any atom is 0.228 e. The first kappa shape index (κ1) is 17.0. The summed E-state index contributed by atoms with van der Waals surface area (Å²) in [5.74, 6) is 0.317. The molecule has 1 aromatic rings. The quantitative estimate of drug-likeness (QED) is 0.795. The Balaban J connectivity index is 1.57. The smallest absolute Gasteiger partial charge is 0.228 e. The van der Waals surface area contributed by atoms with Crippen molar-refractivity contribution in [2.75, 3.05) is 23.7 Å². The van der Waals surface area contributed by atoms with E-state index in [1.807, 2.05) is 24.3 Å². The molecular weight excluding hydrogens is 302 g/mol. The van der Waals surface area contributed by atoms with Crippen molar-refractivity contribution < 1.29 is 9.59 Å². The van der Waals surface area contributed by atoms with Crippen LogP contribution in [0.4, 0.5) is 11.4 Å². The maximum absolute atomic E-state index is 12.3. The van der Waals surface area contributed by atoms with Gasteiger partial charge in [-0.3, -0.25) is 9.59 Å². The van der Waals surface area contributed by atoms with Crippen molar-refractivity contribution in [3.8, 4) is 0 Å². The van der Waals surface area contributed by atoms with Crippen molar-refractivity contribution in [2.24, 2.45) is 11.8 Å². The lowest BCUT2D eigenvalue weighted by atomic mass is 9.88. The molecule has 0 bridgehead atoms. The first-order valence-electron chi connectivity index (χ1n) is 9.15. The minimum atomic E-state index is 0.0271. The Morgan fingerprint density at radius 2 is 1.50 bits per heavy atom. The zero-order valence-electron chi connectivity index (χ0n) is 14.1. The second-order valence-electron chi connectivity index (χ2n) is 6.94. The van der Waals surface area contributed by atoms with Crippen LogP contribution in [0.2, 0.25) is 0 Å². The number of rotatable bonds is 4. The lowest BCUT2D eigenvalue weighted by Gasteiger charge is -2.22. The third kappa shape index (κ3) is 4.57. The van der Waals surface area contributed by atoms with Gasteiger partial charge in [0.25, 0.3) is 0 Å². The van der Waals surface area contributed by atoms with Crippen molar-refractivity contribution in [1.29, 1.82) is 0 Å². The van der Waals surface area contributed by atoms with Crippen LogP contribution in [0.1, 0.15) is 44.9 Å². The fourth-order valence-electron chi connectivity index (χ4n) is 3.60. The Hall–Kier alpha value is -1.88. The molecule has 1 unspecified atom stereocenters.